The van der Waals surface area contributed by atoms with Gasteiger partial charge in [-0.3, -0.25) is 10.2 Å². The van der Waals surface area contributed by atoms with E-state index in [4.69, 9.17) is 0 Å². The molecule has 0 amide bonds. The third-order valence-electron chi connectivity index (χ3n) is 4.90. The lowest BCUT2D eigenvalue weighted by Crippen LogP contribution is -2.55. The molecule has 4 nitrogen and oxygen atoms in total. The van der Waals surface area contributed by atoms with Crippen LogP contribution in [0.1, 0.15) is 53.9 Å². The Labute approximate surface area is 131 Å². The van der Waals surface area contributed by atoms with Gasteiger partial charge in [0.1, 0.15) is 5.54 Å². The molecule has 0 radical (unpaired) electrons. The van der Waals surface area contributed by atoms with Gasteiger partial charge in [0.2, 0.25) is 0 Å². The molecule has 0 aromatic rings. The summed E-state index contributed by atoms with van der Waals surface area (Å²) in [6.45, 7) is 14.3. The first-order valence-electron chi connectivity index (χ1n) is 8.46. The van der Waals surface area contributed by atoms with Crippen molar-refractivity contribution in [2.24, 2.45) is 0 Å². The van der Waals surface area contributed by atoms with E-state index >= 15 is 0 Å². The standard InChI is InChI=1S/C17H34N4/c1-7-17(13-18,19-14(2)3)9-8-10-21-11-15(4)20(6)16(5)12-21/h14-16,19H,7-12H2,1-6H3. The first-order chi connectivity index (χ1) is 9.83. The predicted molar refractivity (Wildman–Crippen MR) is 89.3 cm³/mol. The van der Waals surface area contributed by atoms with Gasteiger partial charge >= 0.3 is 0 Å². The van der Waals surface area contributed by atoms with Crippen molar-refractivity contribution in [1.29, 1.82) is 5.26 Å². The van der Waals surface area contributed by atoms with Crippen LogP contribution < -0.4 is 5.32 Å². The van der Waals surface area contributed by atoms with E-state index in [2.05, 4.69) is 62.9 Å². The number of nitrogens with one attached hydrogen (secondary N) is 1. The maximum Gasteiger partial charge on any atom is 0.106 e. The lowest BCUT2D eigenvalue weighted by molar-refractivity contribution is 0.0581. The van der Waals surface area contributed by atoms with Crippen molar-refractivity contribution in [3.05, 3.63) is 0 Å². The fourth-order valence-electron chi connectivity index (χ4n) is 3.37. The fourth-order valence-corrected chi connectivity index (χ4v) is 3.37. The van der Waals surface area contributed by atoms with Gasteiger partial charge in [0.05, 0.1) is 6.07 Å². The van der Waals surface area contributed by atoms with Gasteiger partial charge < -0.3 is 4.90 Å². The zero-order chi connectivity index (χ0) is 16.0. The van der Waals surface area contributed by atoms with E-state index in [9.17, 15) is 5.26 Å². The third-order valence-corrected chi connectivity index (χ3v) is 4.90. The Kier molecular flexibility index (Phi) is 7.12. The molecule has 0 aliphatic carbocycles. The summed E-state index contributed by atoms with van der Waals surface area (Å²) in [7, 11) is 2.22. The number of likely N-dealkylation sites (N-methyl/N-ethyl adjacent to an activating group) is 1. The van der Waals surface area contributed by atoms with Gasteiger partial charge in [-0.15, -0.1) is 0 Å². The van der Waals surface area contributed by atoms with Crippen LogP contribution in [0.5, 0.6) is 0 Å². The Morgan fingerprint density at radius 3 is 2.29 bits per heavy atom. The van der Waals surface area contributed by atoms with Crippen LogP contribution in [0.4, 0.5) is 0 Å². The van der Waals surface area contributed by atoms with Gasteiger partial charge in [0.15, 0.2) is 0 Å². The fraction of sp³-hybridized carbons (Fsp3) is 0.941. The number of piperazine rings is 1. The van der Waals surface area contributed by atoms with Crippen molar-refractivity contribution in [2.75, 3.05) is 26.7 Å². The molecule has 0 aromatic carbocycles. The number of rotatable bonds is 7. The van der Waals surface area contributed by atoms with Gasteiger partial charge in [0.25, 0.3) is 0 Å². The highest BCUT2D eigenvalue weighted by Crippen LogP contribution is 2.19. The molecule has 0 saturated carbocycles. The van der Waals surface area contributed by atoms with Crippen LogP contribution in [0.3, 0.4) is 0 Å². The van der Waals surface area contributed by atoms with E-state index in [0.717, 1.165) is 38.9 Å². The van der Waals surface area contributed by atoms with E-state index < -0.39 is 0 Å². The van der Waals surface area contributed by atoms with Crippen molar-refractivity contribution >= 4 is 0 Å². The van der Waals surface area contributed by atoms with Crippen LogP contribution in [-0.2, 0) is 0 Å². The summed E-state index contributed by atoms with van der Waals surface area (Å²) >= 11 is 0. The Morgan fingerprint density at radius 1 is 1.29 bits per heavy atom. The SMILES string of the molecule is CCC(C#N)(CCCN1CC(C)N(C)C(C)C1)NC(C)C. The Hall–Kier alpha value is -0.630. The minimum Gasteiger partial charge on any atom is -0.300 e. The first kappa shape index (κ1) is 18.4. The second-order valence-electron chi connectivity index (χ2n) is 7.07. The predicted octanol–water partition coefficient (Wildman–Crippen LogP) is 2.46. The number of nitrogens with zero attached hydrogens (tertiary/aromatic N) is 3. The smallest absolute Gasteiger partial charge is 0.106 e. The Bertz CT molecular complexity index is 337. The van der Waals surface area contributed by atoms with Crippen LogP contribution in [0.2, 0.25) is 0 Å². The van der Waals surface area contributed by atoms with E-state index in [-0.39, 0.29) is 5.54 Å². The van der Waals surface area contributed by atoms with Crippen LogP contribution in [0, 0.1) is 11.3 Å². The van der Waals surface area contributed by atoms with Crippen molar-refractivity contribution in [2.45, 2.75) is 77.5 Å². The van der Waals surface area contributed by atoms with E-state index in [1.54, 1.807) is 0 Å². The zero-order valence-electron chi connectivity index (χ0n) is 14.8. The van der Waals surface area contributed by atoms with Gasteiger partial charge in [-0.05, 0) is 60.5 Å². The molecule has 0 spiro atoms. The largest absolute Gasteiger partial charge is 0.300 e. The highest BCUT2D eigenvalue weighted by atomic mass is 15.3. The van der Waals surface area contributed by atoms with Gasteiger partial charge in [-0.1, -0.05) is 6.92 Å². The van der Waals surface area contributed by atoms with E-state index in [1.807, 2.05) is 0 Å². The van der Waals surface area contributed by atoms with Crippen molar-refractivity contribution < 1.29 is 0 Å². The van der Waals surface area contributed by atoms with Gasteiger partial charge in [0, 0.05) is 31.2 Å². The number of nitriles is 1. The van der Waals surface area contributed by atoms with Crippen LogP contribution in [-0.4, -0.2) is 60.1 Å². The van der Waals surface area contributed by atoms with E-state index in [0.29, 0.717) is 18.1 Å². The molecule has 1 heterocycles. The molecule has 0 aromatic heterocycles. The highest BCUT2D eigenvalue weighted by Gasteiger charge is 2.30. The zero-order valence-corrected chi connectivity index (χ0v) is 14.8. The highest BCUT2D eigenvalue weighted by molar-refractivity contribution is 5.07. The first-order valence-corrected chi connectivity index (χ1v) is 8.46. The monoisotopic (exact) mass is 294 g/mol. The average molecular weight is 294 g/mol. The number of hydrogen-bond acceptors (Lipinski definition) is 4. The molecule has 1 N–H and O–H groups in total. The lowest BCUT2D eigenvalue weighted by Gasteiger charge is -2.42. The maximum absolute atomic E-state index is 9.55. The Morgan fingerprint density at radius 2 is 1.86 bits per heavy atom. The molecule has 122 valence electrons. The number of hydrogen-bond donors (Lipinski definition) is 1. The minimum atomic E-state index is -0.349. The molecule has 3 atom stereocenters. The summed E-state index contributed by atoms with van der Waals surface area (Å²) in [5, 5.41) is 13.0. The molecule has 0 bridgehead atoms. The van der Waals surface area contributed by atoms with Gasteiger partial charge in [-0.2, -0.15) is 5.26 Å². The minimum absolute atomic E-state index is 0.349. The quantitative estimate of drug-likeness (QED) is 0.783. The molecule has 3 unspecified atom stereocenters. The second-order valence-corrected chi connectivity index (χ2v) is 7.07. The normalized spacial score (nSPS) is 27.5. The summed E-state index contributed by atoms with van der Waals surface area (Å²) in [4.78, 5) is 5.02. The molecule has 1 saturated heterocycles. The van der Waals surface area contributed by atoms with Crippen LogP contribution in [0.25, 0.3) is 0 Å². The summed E-state index contributed by atoms with van der Waals surface area (Å²) in [5.74, 6) is 0. The summed E-state index contributed by atoms with van der Waals surface area (Å²) in [6.07, 6.45) is 2.90. The van der Waals surface area contributed by atoms with Crippen molar-refractivity contribution in [3.8, 4) is 6.07 Å². The topological polar surface area (TPSA) is 42.3 Å². The van der Waals surface area contributed by atoms with Gasteiger partial charge in [-0.25, -0.2) is 0 Å². The van der Waals surface area contributed by atoms with Crippen molar-refractivity contribution in [1.82, 2.24) is 15.1 Å². The molecule has 1 rings (SSSR count). The maximum atomic E-state index is 9.55. The molecule has 1 aliphatic heterocycles. The molecule has 1 aliphatic rings. The molecular formula is C17H34N4. The molecular weight excluding hydrogens is 260 g/mol. The third kappa shape index (κ3) is 5.25. The van der Waals surface area contributed by atoms with Crippen LogP contribution in [0.15, 0.2) is 0 Å². The van der Waals surface area contributed by atoms with Crippen molar-refractivity contribution in [3.63, 3.8) is 0 Å². The summed E-state index contributed by atoms with van der Waals surface area (Å²) < 4.78 is 0. The average Bonchev–Trinajstić information content (AvgIpc) is 2.43. The second kappa shape index (κ2) is 8.12. The lowest BCUT2D eigenvalue weighted by atomic mass is 9.91. The summed E-state index contributed by atoms with van der Waals surface area (Å²) in [6, 6.07) is 4.12. The molecule has 21 heavy (non-hydrogen) atoms. The van der Waals surface area contributed by atoms with Crippen LogP contribution >= 0.6 is 0 Å². The Balaban J connectivity index is 2.46. The van der Waals surface area contributed by atoms with E-state index in [1.165, 1.54) is 0 Å². The molecule has 1 fully saturated rings. The summed E-state index contributed by atoms with van der Waals surface area (Å²) in [5.41, 5.74) is -0.349. The molecule has 4 heteroatoms.